The van der Waals surface area contributed by atoms with Crippen LogP contribution in [-0.2, 0) is 6.42 Å². The van der Waals surface area contributed by atoms with Crippen LogP contribution < -0.4 is 0 Å². The first-order chi connectivity index (χ1) is 16.4. The molecule has 4 nitrogen and oxygen atoms in total. The Labute approximate surface area is 193 Å². The van der Waals surface area contributed by atoms with E-state index in [-0.39, 0.29) is 12.2 Å². The predicted molar refractivity (Wildman–Crippen MR) is 132 cm³/mol. The molecule has 5 aromatic rings. The molecule has 1 saturated heterocycles. The molecular weight excluding hydrogens is 404 g/mol. The van der Waals surface area contributed by atoms with E-state index in [1.807, 2.05) is 6.07 Å². The molecule has 2 aliphatic rings. The summed E-state index contributed by atoms with van der Waals surface area (Å²) in [6.07, 6.45) is 4.80. The quantitative estimate of drug-likeness (QED) is 0.330. The van der Waals surface area contributed by atoms with Gasteiger partial charge in [-0.1, -0.05) is 84.1 Å². The highest BCUT2D eigenvalue weighted by Crippen LogP contribution is 2.48. The molecule has 1 aromatic heterocycles. The van der Waals surface area contributed by atoms with Crippen LogP contribution in [0.25, 0.3) is 21.8 Å². The molecule has 4 aromatic carbocycles. The number of hydrogen-bond donors (Lipinski definition) is 0. The van der Waals surface area contributed by atoms with Crippen LogP contribution in [0.2, 0.25) is 0 Å². The highest BCUT2D eigenvalue weighted by molar-refractivity contribution is 5.88. The zero-order chi connectivity index (χ0) is 21.8. The van der Waals surface area contributed by atoms with Crippen LogP contribution in [0, 0.1) is 0 Å². The average molecular weight is 431 g/mol. The molecule has 0 radical (unpaired) electrons. The van der Waals surface area contributed by atoms with Crippen LogP contribution in [0.3, 0.4) is 0 Å². The van der Waals surface area contributed by atoms with Crippen LogP contribution in [0.5, 0.6) is 0 Å². The minimum atomic E-state index is 0.188. The zero-order valence-electron chi connectivity index (χ0n) is 18.5. The standard InChI is InChI=1S/C29H26N4/c1-2-10-21(11-3-1)29-28-22(18-17-20-9-4-5-13-24(20)28)19-23-12-8-16-27(32(23)29)33-26-15-7-6-14-25(26)30-31-33/h1-7,9-11,13-15,17-18,23,27,29H,8,12,16,19H2/t23?,27-,29+/m1/s1. The molecule has 1 unspecified atom stereocenters. The predicted octanol–water partition coefficient (Wildman–Crippen LogP) is 6.28. The number of aromatic nitrogens is 3. The zero-order valence-corrected chi connectivity index (χ0v) is 18.5. The van der Waals surface area contributed by atoms with Crippen molar-refractivity contribution >= 4 is 21.8 Å². The summed E-state index contributed by atoms with van der Waals surface area (Å²) in [4.78, 5) is 2.76. The van der Waals surface area contributed by atoms with Crippen LogP contribution in [0.1, 0.15) is 48.2 Å². The van der Waals surface area contributed by atoms with E-state index in [0.717, 1.165) is 23.9 Å². The molecule has 3 atom stereocenters. The molecule has 0 N–H and O–H groups in total. The van der Waals surface area contributed by atoms with Gasteiger partial charge in [0.1, 0.15) is 11.7 Å². The molecule has 0 saturated carbocycles. The third kappa shape index (κ3) is 2.94. The summed E-state index contributed by atoms with van der Waals surface area (Å²) < 4.78 is 2.19. The van der Waals surface area contributed by atoms with E-state index in [9.17, 15) is 0 Å². The summed E-state index contributed by atoms with van der Waals surface area (Å²) in [5.74, 6) is 0. The first-order valence-electron chi connectivity index (χ1n) is 12.0. The molecule has 3 heterocycles. The van der Waals surface area contributed by atoms with Crippen LogP contribution in [-0.4, -0.2) is 25.9 Å². The van der Waals surface area contributed by atoms with Crippen molar-refractivity contribution in [2.45, 2.75) is 43.9 Å². The maximum atomic E-state index is 4.68. The second-order valence-corrected chi connectivity index (χ2v) is 9.41. The lowest BCUT2D eigenvalue weighted by molar-refractivity contribution is -0.000847. The van der Waals surface area contributed by atoms with Gasteiger partial charge in [0.15, 0.2) is 0 Å². The largest absolute Gasteiger partial charge is 0.267 e. The highest BCUT2D eigenvalue weighted by Gasteiger charge is 2.43. The first kappa shape index (κ1) is 19.0. The maximum Gasteiger partial charge on any atom is 0.113 e. The summed E-state index contributed by atoms with van der Waals surface area (Å²) in [5, 5.41) is 11.9. The SMILES string of the molecule is c1ccc([C@H]2c3c(ccc4ccccc34)CC3CCC[C@@H](n4nnc5ccccc54)N32)cc1. The van der Waals surface area contributed by atoms with Crippen LogP contribution >= 0.6 is 0 Å². The number of benzene rings is 4. The molecule has 162 valence electrons. The molecule has 0 aliphatic carbocycles. The Balaban J connectivity index is 1.48. The van der Waals surface area contributed by atoms with Crippen molar-refractivity contribution in [1.82, 2.24) is 19.9 Å². The van der Waals surface area contributed by atoms with E-state index in [1.54, 1.807) is 0 Å². The molecule has 1 fully saturated rings. The number of nitrogens with zero attached hydrogens (tertiary/aromatic N) is 4. The van der Waals surface area contributed by atoms with E-state index < -0.39 is 0 Å². The second-order valence-electron chi connectivity index (χ2n) is 9.41. The maximum absolute atomic E-state index is 4.68. The van der Waals surface area contributed by atoms with Crippen molar-refractivity contribution in [3.05, 3.63) is 108 Å². The molecule has 33 heavy (non-hydrogen) atoms. The van der Waals surface area contributed by atoms with Crippen molar-refractivity contribution in [3.8, 4) is 0 Å². The van der Waals surface area contributed by atoms with Crippen LogP contribution in [0.15, 0.2) is 91.0 Å². The van der Waals surface area contributed by atoms with E-state index in [4.69, 9.17) is 0 Å². The molecular formula is C29H26N4. The average Bonchev–Trinajstić information content (AvgIpc) is 3.31. The van der Waals surface area contributed by atoms with E-state index in [1.165, 1.54) is 40.3 Å². The minimum Gasteiger partial charge on any atom is -0.267 e. The van der Waals surface area contributed by atoms with Gasteiger partial charge in [0, 0.05) is 6.04 Å². The number of rotatable bonds is 2. The molecule has 7 rings (SSSR count). The van der Waals surface area contributed by atoms with E-state index in [2.05, 4.69) is 105 Å². The van der Waals surface area contributed by atoms with Gasteiger partial charge in [-0.2, -0.15) is 0 Å². The fourth-order valence-corrected chi connectivity index (χ4v) is 6.24. The van der Waals surface area contributed by atoms with E-state index in [0.29, 0.717) is 6.04 Å². The Kier molecular flexibility index (Phi) is 4.34. The number of fused-ring (bicyclic) bond motifs is 5. The smallest absolute Gasteiger partial charge is 0.113 e. The first-order valence-corrected chi connectivity index (χ1v) is 12.0. The molecule has 4 heteroatoms. The fraction of sp³-hybridized carbons (Fsp3) is 0.241. The Morgan fingerprint density at radius 2 is 1.58 bits per heavy atom. The molecule has 0 amide bonds. The third-order valence-electron chi connectivity index (χ3n) is 7.63. The lowest BCUT2D eigenvalue weighted by atomic mass is 9.78. The van der Waals surface area contributed by atoms with Gasteiger partial charge in [-0.3, -0.25) is 4.90 Å². The second kappa shape index (κ2) is 7.53. The number of piperidine rings is 1. The molecule has 2 aliphatic heterocycles. The number of para-hydroxylation sites is 1. The van der Waals surface area contributed by atoms with Crippen molar-refractivity contribution in [2.75, 3.05) is 0 Å². The lowest BCUT2D eigenvalue weighted by Crippen LogP contribution is -2.50. The van der Waals surface area contributed by atoms with Crippen LogP contribution in [0.4, 0.5) is 0 Å². The van der Waals surface area contributed by atoms with Gasteiger partial charge in [-0.05, 0) is 65.3 Å². The van der Waals surface area contributed by atoms with Gasteiger partial charge < -0.3 is 0 Å². The topological polar surface area (TPSA) is 34.0 Å². The van der Waals surface area contributed by atoms with Gasteiger partial charge in [0.05, 0.1) is 11.6 Å². The fourth-order valence-electron chi connectivity index (χ4n) is 6.24. The van der Waals surface area contributed by atoms with Gasteiger partial charge in [0.2, 0.25) is 0 Å². The molecule has 0 spiro atoms. The lowest BCUT2D eigenvalue weighted by Gasteiger charge is -2.50. The molecule has 0 bridgehead atoms. The van der Waals surface area contributed by atoms with Crippen molar-refractivity contribution in [1.29, 1.82) is 0 Å². The van der Waals surface area contributed by atoms with Crippen molar-refractivity contribution in [3.63, 3.8) is 0 Å². The minimum absolute atomic E-state index is 0.188. The Morgan fingerprint density at radius 3 is 2.52 bits per heavy atom. The Morgan fingerprint density at radius 1 is 0.758 bits per heavy atom. The Hall–Kier alpha value is -3.50. The van der Waals surface area contributed by atoms with Gasteiger partial charge in [-0.25, -0.2) is 4.68 Å². The van der Waals surface area contributed by atoms with E-state index >= 15 is 0 Å². The number of hydrogen-bond acceptors (Lipinski definition) is 3. The summed E-state index contributed by atoms with van der Waals surface area (Å²) in [5.41, 5.74) is 6.41. The third-order valence-corrected chi connectivity index (χ3v) is 7.63. The monoisotopic (exact) mass is 430 g/mol. The summed E-state index contributed by atoms with van der Waals surface area (Å²) >= 11 is 0. The van der Waals surface area contributed by atoms with Gasteiger partial charge >= 0.3 is 0 Å². The highest BCUT2D eigenvalue weighted by atomic mass is 15.5. The summed E-state index contributed by atoms with van der Waals surface area (Å²) in [6, 6.07) is 33.6. The normalized spacial score (nSPS) is 22.8. The Bertz CT molecular complexity index is 1450. The van der Waals surface area contributed by atoms with Gasteiger partial charge in [-0.15, -0.1) is 5.10 Å². The summed E-state index contributed by atoms with van der Waals surface area (Å²) in [6.45, 7) is 0. The van der Waals surface area contributed by atoms with Gasteiger partial charge in [0.25, 0.3) is 0 Å². The summed E-state index contributed by atoms with van der Waals surface area (Å²) in [7, 11) is 0. The van der Waals surface area contributed by atoms with Crippen molar-refractivity contribution in [2.24, 2.45) is 0 Å². The van der Waals surface area contributed by atoms with Crippen molar-refractivity contribution < 1.29 is 0 Å².